The van der Waals surface area contributed by atoms with E-state index in [9.17, 15) is 9.90 Å². The number of aromatic nitrogens is 3. The molecule has 82 valence electrons. The molecule has 0 radical (unpaired) electrons. The molecule has 6 heteroatoms. The van der Waals surface area contributed by atoms with Crippen LogP contribution < -0.4 is 5.32 Å². The Morgan fingerprint density at radius 2 is 2.47 bits per heavy atom. The van der Waals surface area contributed by atoms with Crippen molar-refractivity contribution in [2.24, 2.45) is 5.92 Å². The van der Waals surface area contributed by atoms with Crippen LogP contribution in [0.25, 0.3) is 0 Å². The van der Waals surface area contributed by atoms with Crippen LogP contribution in [0.4, 0.5) is 0 Å². The zero-order valence-electron chi connectivity index (χ0n) is 8.53. The number of aromatic amines is 1. The lowest BCUT2D eigenvalue weighted by Gasteiger charge is -2.08. The Bertz CT molecular complexity index is 359. The first-order chi connectivity index (χ1) is 7.16. The van der Waals surface area contributed by atoms with E-state index in [1.807, 2.05) is 0 Å². The zero-order valence-corrected chi connectivity index (χ0v) is 8.53. The second-order valence-corrected chi connectivity index (χ2v) is 3.86. The number of amides is 1. The SMILES string of the molecule is Cc1nc(C(=O)NCC(O)C2CC2)n[nH]1. The van der Waals surface area contributed by atoms with Crippen molar-refractivity contribution >= 4 is 5.91 Å². The minimum Gasteiger partial charge on any atom is -0.391 e. The fraction of sp³-hybridized carbons (Fsp3) is 0.667. The molecular weight excluding hydrogens is 196 g/mol. The second-order valence-electron chi connectivity index (χ2n) is 3.86. The highest BCUT2D eigenvalue weighted by Gasteiger charge is 2.29. The Balaban J connectivity index is 1.81. The first-order valence-corrected chi connectivity index (χ1v) is 5.02. The highest BCUT2D eigenvalue weighted by molar-refractivity contribution is 5.90. The van der Waals surface area contributed by atoms with Crippen molar-refractivity contribution in [3.8, 4) is 0 Å². The molecule has 1 saturated carbocycles. The molecule has 1 amide bonds. The first kappa shape index (κ1) is 10.1. The van der Waals surface area contributed by atoms with Gasteiger partial charge in [0.05, 0.1) is 6.10 Å². The van der Waals surface area contributed by atoms with Crippen LogP contribution in [-0.4, -0.2) is 38.8 Å². The summed E-state index contributed by atoms with van der Waals surface area (Å²) >= 11 is 0. The van der Waals surface area contributed by atoms with Crippen molar-refractivity contribution < 1.29 is 9.90 Å². The molecule has 0 bridgehead atoms. The third kappa shape index (κ3) is 2.53. The highest BCUT2D eigenvalue weighted by atomic mass is 16.3. The van der Waals surface area contributed by atoms with Crippen LogP contribution in [0.15, 0.2) is 0 Å². The molecule has 1 fully saturated rings. The van der Waals surface area contributed by atoms with Crippen molar-refractivity contribution in [1.82, 2.24) is 20.5 Å². The number of hydrogen-bond donors (Lipinski definition) is 3. The minimum absolute atomic E-state index is 0.121. The maximum atomic E-state index is 11.4. The van der Waals surface area contributed by atoms with E-state index in [-0.39, 0.29) is 18.3 Å². The van der Waals surface area contributed by atoms with E-state index < -0.39 is 6.10 Å². The van der Waals surface area contributed by atoms with Gasteiger partial charge < -0.3 is 10.4 Å². The lowest BCUT2D eigenvalue weighted by atomic mass is 10.2. The molecule has 1 aliphatic carbocycles. The van der Waals surface area contributed by atoms with E-state index in [4.69, 9.17) is 0 Å². The van der Waals surface area contributed by atoms with Gasteiger partial charge in [0.2, 0.25) is 5.82 Å². The third-order valence-corrected chi connectivity index (χ3v) is 2.44. The number of aliphatic hydroxyl groups excluding tert-OH is 1. The Hall–Kier alpha value is -1.43. The summed E-state index contributed by atoms with van der Waals surface area (Å²) in [6.45, 7) is 2.00. The summed E-state index contributed by atoms with van der Waals surface area (Å²) in [6, 6.07) is 0. The van der Waals surface area contributed by atoms with Gasteiger partial charge in [-0.15, -0.1) is 5.10 Å². The molecule has 0 aromatic carbocycles. The molecule has 1 atom stereocenters. The number of nitrogens with zero attached hydrogens (tertiary/aromatic N) is 2. The smallest absolute Gasteiger partial charge is 0.291 e. The summed E-state index contributed by atoms with van der Waals surface area (Å²) in [6.07, 6.45) is 1.67. The van der Waals surface area contributed by atoms with Crippen molar-refractivity contribution in [2.45, 2.75) is 25.9 Å². The Labute approximate surface area is 87.1 Å². The van der Waals surface area contributed by atoms with Crippen LogP contribution in [0.1, 0.15) is 29.3 Å². The predicted octanol–water partition coefficient (Wildman–Crippen LogP) is -0.386. The number of carbonyl (C=O) groups is 1. The molecule has 1 aromatic rings. The van der Waals surface area contributed by atoms with Crippen molar-refractivity contribution in [2.75, 3.05) is 6.54 Å². The monoisotopic (exact) mass is 210 g/mol. The zero-order chi connectivity index (χ0) is 10.8. The number of hydrogen-bond acceptors (Lipinski definition) is 4. The minimum atomic E-state index is -0.436. The van der Waals surface area contributed by atoms with Gasteiger partial charge in [-0.2, -0.15) is 0 Å². The summed E-state index contributed by atoms with van der Waals surface area (Å²) in [5, 5.41) is 18.4. The van der Waals surface area contributed by atoms with Gasteiger partial charge in [-0.3, -0.25) is 9.89 Å². The summed E-state index contributed by atoms with van der Waals surface area (Å²) in [5.74, 6) is 0.733. The number of aliphatic hydroxyl groups is 1. The molecule has 1 unspecified atom stereocenters. The fourth-order valence-electron chi connectivity index (χ4n) is 1.37. The van der Waals surface area contributed by atoms with Gasteiger partial charge in [0.25, 0.3) is 5.91 Å². The summed E-state index contributed by atoms with van der Waals surface area (Å²) < 4.78 is 0. The summed E-state index contributed by atoms with van der Waals surface area (Å²) in [4.78, 5) is 15.3. The maximum Gasteiger partial charge on any atom is 0.291 e. The maximum absolute atomic E-state index is 11.4. The van der Waals surface area contributed by atoms with Crippen molar-refractivity contribution in [3.05, 3.63) is 11.6 Å². The molecule has 0 aliphatic heterocycles. The molecule has 6 nitrogen and oxygen atoms in total. The van der Waals surface area contributed by atoms with Crippen LogP contribution in [0.2, 0.25) is 0 Å². The van der Waals surface area contributed by atoms with Crippen LogP contribution in [0.5, 0.6) is 0 Å². The van der Waals surface area contributed by atoms with Crippen molar-refractivity contribution in [3.63, 3.8) is 0 Å². The average molecular weight is 210 g/mol. The molecule has 1 aliphatic rings. The Morgan fingerprint density at radius 1 is 1.73 bits per heavy atom. The average Bonchev–Trinajstić information content (AvgIpc) is 2.97. The molecule has 0 spiro atoms. The van der Waals surface area contributed by atoms with Gasteiger partial charge in [0.15, 0.2) is 0 Å². The van der Waals surface area contributed by atoms with Gasteiger partial charge in [-0.1, -0.05) is 0 Å². The van der Waals surface area contributed by atoms with Gasteiger partial charge in [-0.25, -0.2) is 4.98 Å². The number of aryl methyl sites for hydroxylation is 1. The standard InChI is InChI=1S/C9H14N4O2/c1-5-11-8(13-12-5)9(15)10-4-7(14)6-2-3-6/h6-7,14H,2-4H2,1H3,(H,10,15)(H,11,12,13). The largest absolute Gasteiger partial charge is 0.391 e. The fourth-order valence-corrected chi connectivity index (χ4v) is 1.37. The Kier molecular flexibility index (Phi) is 2.68. The molecule has 3 N–H and O–H groups in total. The van der Waals surface area contributed by atoms with Gasteiger partial charge in [0, 0.05) is 6.54 Å². The number of rotatable bonds is 4. The number of carbonyl (C=O) groups excluding carboxylic acids is 1. The van der Waals surface area contributed by atoms with Crippen LogP contribution in [0, 0.1) is 12.8 Å². The highest BCUT2D eigenvalue weighted by Crippen LogP contribution is 2.32. The molecule has 1 aromatic heterocycles. The third-order valence-electron chi connectivity index (χ3n) is 2.44. The quantitative estimate of drug-likeness (QED) is 0.631. The normalized spacial score (nSPS) is 17.5. The van der Waals surface area contributed by atoms with Crippen molar-refractivity contribution in [1.29, 1.82) is 0 Å². The van der Waals surface area contributed by atoms with E-state index >= 15 is 0 Å². The predicted molar refractivity (Wildman–Crippen MR) is 52.2 cm³/mol. The first-order valence-electron chi connectivity index (χ1n) is 5.02. The molecule has 1 heterocycles. The van der Waals surface area contributed by atoms with Gasteiger partial charge in [-0.05, 0) is 25.7 Å². The van der Waals surface area contributed by atoms with E-state index in [0.717, 1.165) is 12.8 Å². The van der Waals surface area contributed by atoms with Crippen LogP contribution in [-0.2, 0) is 0 Å². The second kappa shape index (κ2) is 3.98. The summed E-state index contributed by atoms with van der Waals surface area (Å²) in [5.41, 5.74) is 0. The van der Waals surface area contributed by atoms with Gasteiger partial charge >= 0.3 is 0 Å². The number of H-pyrrole nitrogens is 1. The van der Waals surface area contributed by atoms with Crippen LogP contribution in [0.3, 0.4) is 0 Å². The van der Waals surface area contributed by atoms with Crippen LogP contribution >= 0.6 is 0 Å². The Morgan fingerprint density at radius 3 is 3.00 bits per heavy atom. The van der Waals surface area contributed by atoms with E-state index in [1.165, 1.54) is 0 Å². The topological polar surface area (TPSA) is 90.9 Å². The van der Waals surface area contributed by atoms with E-state index in [0.29, 0.717) is 11.7 Å². The summed E-state index contributed by atoms with van der Waals surface area (Å²) in [7, 11) is 0. The lowest BCUT2D eigenvalue weighted by molar-refractivity contribution is 0.0891. The van der Waals surface area contributed by atoms with E-state index in [2.05, 4.69) is 20.5 Å². The number of nitrogens with one attached hydrogen (secondary N) is 2. The molecular formula is C9H14N4O2. The van der Waals surface area contributed by atoms with E-state index in [1.54, 1.807) is 6.92 Å². The molecule has 0 saturated heterocycles. The molecule has 15 heavy (non-hydrogen) atoms. The molecule has 2 rings (SSSR count). The van der Waals surface area contributed by atoms with Gasteiger partial charge in [0.1, 0.15) is 5.82 Å². The lowest BCUT2D eigenvalue weighted by Crippen LogP contribution is -2.33.